The number of likely N-dealkylation sites (tertiary alicyclic amines) is 1. The van der Waals surface area contributed by atoms with E-state index in [1.807, 2.05) is 40.2 Å². The molecule has 208 valence electrons. The van der Waals surface area contributed by atoms with Crippen LogP contribution in [0.4, 0.5) is 0 Å². The Morgan fingerprint density at radius 3 is 2.65 bits per heavy atom. The number of aromatic nitrogens is 4. The summed E-state index contributed by atoms with van der Waals surface area (Å²) in [6.07, 6.45) is 9.37. The third-order valence-corrected chi connectivity index (χ3v) is 13.6. The molecule has 1 saturated heterocycles. The predicted molar refractivity (Wildman–Crippen MR) is 160 cm³/mol. The van der Waals surface area contributed by atoms with Crippen LogP contribution < -0.4 is 0 Å². The number of hydrogen-bond donors (Lipinski definition) is 0. The van der Waals surface area contributed by atoms with Crippen molar-refractivity contribution >= 4 is 31.5 Å². The Balaban J connectivity index is 1.35. The molecule has 4 heterocycles. The van der Waals surface area contributed by atoms with Crippen LogP contribution in [0, 0.1) is 11.3 Å². The third kappa shape index (κ3) is 5.87. The number of carbonyl (C=O) groups excluding carboxylic acids is 1. The summed E-state index contributed by atoms with van der Waals surface area (Å²) in [6.45, 7) is 12.4. The van der Waals surface area contributed by atoms with Crippen molar-refractivity contribution in [3.05, 3.63) is 66.7 Å². The topological polar surface area (TPSA) is 88.5 Å². The molecule has 1 aromatic carbocycles. The molecule has 0 bridgehead atoms. The van der Waals surface area contributed by atoms with Crippen LogP contribution in [0.25, 0.3) is 16.6 Å². The summed E-state index contributed by atoms with van der Waals surface area (Å²) in [7, 11) is -1.99. The molecule has 0 aliphatic carbocycles. The third-order valence-electron chi connectivity index (χ3n) is 8.09. The van der Waals surface area contributed by atoms with Crippen molar-refractivity contribution < 1.29 is 9.22 Å². The second-order valence-corrected chi connectivity index (χ2v) is 17.8. The number of nitriles is 1. The summed E-state index contributed by atoms with van der Waals surface area (Å²) in [5.41, 5.74) is 3.28. The van der Waals surface area contributed by atoms with Gasteiger partial charge in [-0.1, -0.05) is 50.7 Å². The number of fused-ring (bicyclic) bond motifs is 1. The summed E-state index contributed by atoms with van der Waals surface area (Å²) in [4.78, 5) is 17.0. The molecule has 5 rings (SSSR count). The van der Waals surface area contributed by atoms with Crippen molar-refractivity contribution in [1.82, 2.24) is 24.3 Å². The minimum absolute atomic E-state index is 0.0573. The lowest BCUT2D eigenvalue weighted by molar-refractivity contribution is -0.135. The fourth-order valence-electron chi connectivity index (χ4n) is 4.65. The Labute approximate surface area is 241 Å². The van der Waals surface area contributed by atoms with Gasteiger partial charge in [0.1, 0.15) is 12.7 Å². The number of amides is 1. The van der Waals surface area contributed by atoms with E-state index >= 15 is 0 Å². The van der Waals surface area contributed by atoms with Crippen LogP contribution in [0.3, 0.4) is 0 Å². The van der Waals surface area contributed by atoms with Crippen molar-refractivity contribution in [2.45, 2.75) is 67.6 Å². The van der Waals surface area contributed by atoms with E-state index in [2.05, 4.69) is 69.4 Å². The van der Waals surface area contributed by atoms with Crippen LogP contribution in [0.2, 0.25) is 18.1 Å². The molecule has 10 heteroatoms. The highest BCUT2D eigenvalue weighted by Gasteiger charge is 2.38. The largest absolute Gasteiger partial charge is 0.408 e. The van der Waals surface area contributed by atoms with E-state index in [4.69, 9.17) is 9.52 Å². The highest BCUT2D eigenvalue weighted by atomic mass is 32.2. The first kappa shape index (κ1) is 28.1. The Kier molecular flexibility index (Phi) is 7.91. The smallest absolute Gasteiger partial charge is 0.247 e. The molecule has 0 saturated carbocycles. The predicted octanol–water partition coefficient (Wildman–Crippen LogP) is 6.41. The quantitative estimate of drug-likeness (QED) is 0.238. The first-order valence-electron chi connectivity index (χ1n) is 13.7. The molecule has 1 aliphatic rings. The van der Waals surface area contributed by atoms with Gasteiger partial charge in [-0.15, -0.1) is 0 Å². The van der Waals surface area contributed by atoms with Crippen LogP contribution in [-0.4, -0.2) is 58.2 Å². The molecule has 0 radical (unpaired) electrons. The lowest BCUT2D eigenvalue weighted by Crippen LogP contribution is -2.47. The van der Waals surface area contributed by atoms with E-state index in [1.54, 1.807) is 22.5 Å². The minimum Gasteiger partial charge on any atom is -0.408 e. The van der Waals surface area contributed by atoms with Gasteiger partial charge in [0.05, 0.1) is 29.5 Å². The standard InChI is InChI=1S/C30H36N6O2SSi/c1-30(2,3)40(4,5)38-21-28(37)34-13-9-10-25(20-34)35-19-24(17-32-35)22-14-27(39-26-11-7-6-8-12-26)29-23(15-31)16-33-36(29)18-22/h6-8,11-12,14,16-19,25H,9-10,13,20-21H2,1-5H3/t25-/m0/s1. The normalized spacial score (nSPS) is 16.3. The van der Waals surface area contributed by atoms with Gasteiger partial charge in [0.15, 0.2) is 8.32 Å². The number of nitrogens with zero attached hydrogens (tertiary/aromatic N) is 6. The van der Waals surface area contributed by atoms with Gasteiger partial charge in [-0.25, -0.2) is 4.52 Å². The van der Waals surface area contributed by atoms with Gasteiger partial charge in [0, 0.05) is 46.4 Å². The van der Waals surface area contributed by atoms with E-state index in [9.17, 15) is 10.1 Å². The molecule has 8 nitrogen and oxygen atoms in total. The first-order valence-corrected chi connectivity index (χ1v) is 17.4. The fraction of sp³-hybridized carbons (Fsp3) is 0.400. The molecule has 4 aromatic rings. The van der Waals surface area contributed by atoms with Gasteiger partial charge < -0.3 is 9.33 Å². The molecule has 1 amide bonds. The van der Waals surface area contributed by atoms with Crippen LogP contribution in [0.15, 0.2) is 71.0 Å². The molecule has 1 aliphatic heterocycles. The second-order valence-electron chi connectivity index (χ2n) is 11.9. The Morgan fingerprint density at radius 1 is 1.15 bits per heavy atom. The van der Waals surface area contributed by atoms with Gasteiger partial charge in [-0.2, -0.15) is 15.5 Å². The Morgan fingerprint density at radius 2 is 1.93 bits per heavy atom. The molecule has 1 atom stereocenters. The number of rotatable bonds is 7. The molecule has 0 unspecified atom stereocenters. The van der Waals surface area contributed by atoms with Gasteiger partial charge in [0.25, 0.3) is 0 Å². The molecular formula is C30H36N6O2SSi. The zero-order valence-corrected chi connectivity index (χ0v) is 25.6. The average molecular weight is 573 g/mol. The maximum absolute atomic E-state index is 13.1. The van der Waals surface area contributed by atoms with Crippen LogP contribution in [0.5, 0.6) is 0 Å². The van der Waals surface area contributed by atoms with Crippen molar-refractivity contribution in [3.63, 3.8) is 0 Å². The van der Waals surface area contributed by atoms with E-state index in [1.165, 1.54) is 0 Å². The number of carbonyl (C=O) groups is 1. The van der Waals surface area contributed by atoms with Gasteiger partial charge in [-0.05, 0) is 49.2 Å². The summed E-state index contributed by atoms with van der Waals surface area (Å²) < 4.78 is 9.97. The fourth-order valence-corrected chi connectivity index (χ4v) is 6.60. The van der Waals surface area contributed by atoms with Crippen LogP contribution >= 0.6 is 11.8 Å². The molecule has 0 spiro atoms. The molecule has 0 N–H and O–H groups in total. The molecule has 3 aromatic heterocycles. The zero-order chi connectivity index (χ0) is 28.5. The van der Waals surface area contributed by atoms with E-state index < -0.39 is 8.32 Å². The van der Waals surface area contributed by atoms with E-state index in [0.29, 0.717) is 12.1 Å². The average Bonchev–Trinajstić information content (AvgIpc) is 3.59. The number of benzene rings is 1. The Hall–Kier alpha value is -3.39. The lowest BCUT2D eigenvalue weighted by atomic mass is 10.1. The number of hydrogen-bond acceptors (Lipinski definition) is 6. The maximum atomic E-state index is 13.1. The van der Waals surface area contributed by atoms with E-state index in [0.717, 1.165) is 45.8 Å². The zero-order valence-electron chi connectivity index (χ0n) is 23.8. The van der Waals surface area contributed by atoms with Crippen molar-refractivity contribution in [2.24, 2.45) is 0 Å². The summed E-state index contributed by atoms with van der Waals surface area (Å²) in [6, 6.07) is 14.6. The molecule has 40 heavy (non-hydrogen) atoms. The highest BCUT2D eigenvalue weighted by molar-refractivity contribution is 7.99. The minimum atomic E-state index is -1.99. The van der Waals surface area contributed by atoms with E-state index in [-0.39, 0.29) is 23.6 Å². The SMILES string of the molecule is CC(C)(C)[Si](C)(C)OCC(=O)N1CCC[C@H](n2cc(-c3cc(Sc4ccccc4)c4c(C#N)cnn4c3)cn2)C1. The first-order chi connectivity index (χ1) is 19.1. The monoisotopic (exact) mass is 572 g/mol. The summed E-state index contributed by atoms with van der Waals surface area (Å²) in [5, 5.41) is 18.9. The summed E-state index contributed by atoms with van der Waals surface area (Å²) >= 11 is 1.61. The molecule has 1 fully saturated rings. The number of pyridine rings is 1. The van der Waals surface area contributed by atoms with Crippen molar-refractivity contribution in [1.29, 1.82) is 5.26 Å². The van der Waals surface area contributed by atoms with Crippen molar-refractivity contribution in [2.75, 3.05) is 19.7 Å². The lowest BCUT2D eigenvalue weighted by Gasteiger charge is -2.37. The maximum Gasteiger partial charge on any atom is 0.247 e. The van der Waals surface area contributed by atoms with Gasteiger partial charge >= 0.3 is 0 Å². The summed E-state index contributed by atoms with van der Waals surface area (Å²) in [5.74, 6) is 0.0573. The van der Waals surface area contributed by atoms with Gasteiger partial charge in [0.2, 0.25) is 5.91 Å². The van der Waals surface area contributed by atoms with Gasteiger partial charge in [-0.3, -0.25) is 9.48 Å². The van der Waals surface area contributed by atoms with Crippen LogP contribution in [0.1, 0.15) is 45.2 Å². The Bertz CT molecular complexity index is 1550. The molecular weight excluding hydrogens is 537 g/mol. The van der Waals surface area contributed by atoms with Crippen molar-refractivity contribution in [3.8, 4) is 17.2 Å². The second kappa shape index (κ2) is 11.2. The van der Waals surface area contributed by atoms with Crippen LogP contribution in [-0.2, 0) is 9.22 Å². The highest BCUT2D eigenvalue weighted by Crippen LogP contribution is 2.37. The number of piperidine rings is 1.